The third-order valence-corrected chi connectivity index (χ3v) is 6.01. The maximum Gasteiger partial charge on any atom is 0.263 e. The fourth-order valence-corrected chi connectivity index (χ4v) is 4.40. The van der Waals surface area contributed by atoms with Gasteiger partial charge in [0, 0.05) is 10.9 Å². The van der Waals surface area contributed by atoms with E-state index in [2.05, 4.69) is 44.7 Å². The molecule has 2 rings (SSSR count). The van der Waals surface area contributed by atoms with Crippen LogP contribution in [0.1, 0.15) is 18.9 Å². The average molecular weight is 411 g/mol. The average Bonchev–Trinajstić information content (AvgIpc) is 2.78. The van der Waals surface area contributed by atoms with Crippen molar-refractivity contribution in [2.75, 3.05) is 4.72 Å². The Morgan fingerprint density at radius 2 is 2.10 bits per heavy atom. The first-order valence-corrected chi connectivity index (χ1v) is 9.55. The number of nitrogens with zero attached hydrogens (tertiary/aromatic N) is 2. The number of hydrogen-bond acceptors (Lipinski definition) is 5. The summed E-state index contributed by atoms with van der Waals surface area (Å²) in [5, 5.41) is 9.35. The topological polar surface area (TPSA) is 72.0 Å². The van der Waals surface area contributed by atoms with Gasteiger partial charge >= 0.3 is 0 Å². The summed E-state index contributed by atoms with van der Waals surface area (Å²) in [4.78, 5) is 0.111. The molecule has 1 heterocycles. The lowest BCUT2D eigenvalue weighted by molar-refractivity contribution is 0.601. The smallest absolute Gasteiger partial charge is 0.253 e. The first-order valence-electron chi connectivity index (χ1n) is 6.08. The molecule has 0 spiro atoms. The molecule has 0 atom stereocenters. The van der Waals surface area contributed by atoms with Gasteiger partial charge in [-0.3, -0.25) is 4.72 Å². The lowest BCUT2D eigenvalue weighted by Crippen LogP contribution is -2.12. The van der Waals surface area contributed by atoms with Gasteiger partial charge in [-0.05, 0) is 40.0 Å². The molecule has 0 unspecified atom stereocenters. The van der Waals surface area contributed by atoms with Gasteiger partial charge in [0.2, 0.25) is 5.13 Å². The third-order valence-electron chi connectivity index (χ3n) is 2.47. The van der Waals surface area contributed by atoms with Crippen molar-refractivity contribution in [1.82, 2.24) is 10.2 Å². The van der Waals surface area contributed by atoms with Crippen molar-refractivity contribution < 1.29 is 8.42 Å². The van der Waals surface area contributed by atoms with Gasteiger partial charge in [-0.25, -0.2) is 8.42 Å². The number of nitrogens with one attached hydrogen (secondary N) is 1. The van der Waals surface area contributed by atoms with Gasteiger partial charge in [0.15, 0.2) is 0 Å². The Hall–Kier alpha value is -0.700. The summed E-state index contributed by atoms with van der Waals surface area (Å²) in [5.41, 5.74) is 0. The van der Waals surface area contributed by atoms with Crippen molar-refractivity contribution in [2.24, 2.45) is 5.92 Å². The molecule has 21 heavy (non-hydrogen) atoms. The van der Waals surface area contributed by atoms with Gasteiger partial charge in [0.1, 0.15) is 5.01 Å². The van der Waals surface area contributed by atoms with Gasteiger partial charge in [-0.1, -0.05) is 36.8 Å². The van der Waals surface area contributed by atoms with E-state index in [9.17, 15) is 8.42 Å². The van der Waals surface area contributed by atoms with E-state index in [4.69, 9.17) is 11.6 Å². The predicted molar refractivity (Wildman–Crippen MR) is 88.4 cm³/mol. The number of rotatable bonds is 5. The fourth-order valence-electron chi connectivity index (χ4n) is 1.54. The number of halogens is 2. The Kier molecular flexibility index (Phi) is 5.24. The van der Waals surface area contributed by atoms with Crippen molar-refractivity contribution in [3.8, 4) is 0 Å². The van der Waals surface area contributed by atoms with Crippen molar-refractivity contribution in [3.63, 3.8) is 0 Å². The zero-order chi connectivity index (χ0) is 15.6. The molecule has 0 fully saturated rings. The number of benzene rings is 1. The predicted octanol–water partition coefficient (Wildman–Crippen LogP) is 3.95. The molecule has 114 valence electrons. The zero-order valence-electron chi connectivity index (χ0n) is 11.3. The summed E-state index contributed by atoms with van der Waals surface area (Å²) in [5.74, 6) is 0.439. The van der Waals surface area contributed by atoms with Crippen LogP contribution in [0.3, 0.4) is 0 Å². The molecule has 0 saturated carbocycles. The molecule has 0 saturated heterocycles. The van der Waals surface area contributed by atoms with Crippen molar-refractivity contribution in [1.29, 1.82) is 0 Å². The molecule has 1 N–H and O–H groups in total. The number of sulfonamides is 1. The summed E-state index contributed by atoms with van der Waals surface area (Å²) in [7, 11) is -3.70. The molecule has 0 radical (unpaired) electrons. The Morgan fingerprint density at radius 1 is 1.38 bits per heavy atom. The van der Waals surface area contributed by atoms with Gasteiger partial charge in [-0.15, -0.1) is 10.2 Å². The van der Waals surface area contributed by atoms with E-state index >= 15 is 0 Å². The molecule has 0 bridgehead atoms. The van der Waals surface area contributed by atoms with Crippen LogP contribution in [0.5, 0.6) is 0 Å². The molecule has 1 aromatic heterocycles. The van der Waals surface area contributed by atoms with Crippen LogP contribution in [-0.4, -0.2) is 18.6 Å². The Balaban J connectivity index is 2.20. The minimum Gasteiger partial charge on any atom is -0.253 e. The second-order valence-electron chi connectivity index (χ2n) is 4.78. The lowest BCUT2D eigenvalue weighted by Gasteiger charge is -2.05. The molecule has 0 aliphatic carbocycles. The minimum absolute atomic E-state index is 0.111. The normalized spacial score (nSPS) is 11.9. The van der Waals surface area contributed by atoms with Crippen LogP contribution in [0, 0.1) is 5.92 Å². The van der Waals surface area contributed by atoms with E-state index in [0.717, 1.165) is 11.4 Å². The van der Waals surface area contributed by atoms with Crippen LogP contribution in [0.2, 0.25) is 5.02 Å². The van der Waals surface area contributed by atoms with E-state index in [1.807, 2.05) is 0 Å². The quantitative estimate of drug-likeness (QED) is 0.810. The van der Waals surface area contributed by atoms with Gasteiger partial charge in [-0.2, -0.15) is 0 Å². The summed E-state index contributed by atoms with van der Waals surface area (Å²) >= 11 is 10.3. The SMILES string of the molecule is CC(C)Cc1nnc(NS(=O)(=O)c2ccc(Cl)c(Br)c2)s1. The molecule has 2 aromatic rings. The number of hydrogen-bond donors (Lipinski definition) is 1. The van der Waals surface area contributed by atoms with E-state index in [-0.39, 0.29) is 10.0 Å². The standard InChI is InChI=1S/C12H13BrClN3O2S2/c1-7(2)5-11-15-16-12(20-11)17-21(18,19)8-3-4-10(14)9(13)6-8/h3-4,6-7H,5H2,1-2H3,(H,16,17). The first-order chi connectivity index (χ1) is 9.78. The van der Waals surface area contributed by atoms with Crippen LogP contribution in [0.4, 0.5) is 5.13 Å². The zero-order valence-corrected chi connectivity index (χ0v) is 15.3. The summed E-state index contributed by atoms with van der Waals surface area (Å²) in [6.45, 7) is 4.13. The highest BCUT2D eigenvalue weighted by molar-refractivity contribution is 9.10. The fraction of sp³-hybridized carbons (Fsp3) is 0.333. The molecule has 0 amide bonds. The van der Waals surface area contributed by atoms with E-state index in [1.54, 1.807) is 0 Å². The first kappa shape index (κ1) is 16.7. The van der Waals surface area contributed by atoms with Gasteiger partial charge in [0.05, 0.1) is 9.92 Å². The van der Waals surface area contributed by atoms with E-state index in [0.29, 0.717) is 15.4 Å². The summed E-state index contributed by atoms with van der Waals surface area (Å²) < 4.78 is 27.5. The monoisotopic (exact) mass is 409 g/mol. The van der Waals surface area contributed by atoms with Crippen molar-refractivity contribution in [3.05, 3.63) is 32.7 Å². The Bertz CT molecular complexity index is 747. The summed E-state index contributed by atoms with van der Waals surface area (Å²) in [6.07, 6.45) is 0.770. The highest BCUT2D eigenvalue weighted by Crippen LogP contribution is 2.27. The van der Waals surface area contributed by atoms with Crippen LogP contribution in [0.25, 0.3) is 0 Å². The maximum atomic E-state index is 12.3. The molecular weight excluding hydrogens is 398 g/mol. The molecule has 5 nitrogen and oxygen atoms in total. The van der Waals surface area contributed by atoms with E-state index < -0.39 is 10.0 Å². The molecule has 9 heteroatoms. The maximum absolute atomic E-state index is 12.3. The highest BCUT2D eigenvalue weighted by atomic mass is 79.9. The molecule has 0 aliphatic heterocycles. The van der Waals surface area contributed by atoms with Gasteiger partial charge < -0.3 is 0 Å². The van der Waals surface area contributed by atoms with Gasteiger partial charge in [0.25, 0.3) is 10.0 Å². The second kappa shape index (κ2) is 6.60. The molecule has 1 aromatic carbocycles. The van der Waals surface area contributed by atoms with Crippen LogP contribution < -0.4 is 4.72 Å². The molecular formula is C12H13BrClN3O2S2. The third kappa shape index (κ3) is 4.38. The van der Waals surface area contributed by atoms with Crippen molar-refractivity contribution >= 4 is 54.0 Å². The highest BCUT2D eigenvalue weighted by Gasteiger charge is 2.18. The lowest BCUT2D eigenvalue weighted by atomic mass is 10.1. The van der Waals surface area contributed by atoms with E-state index in [1.165, 1.54) is 29.5 Å². The summed E-state index contributed by atoms with van der Waals surface area (Å²) in [6, 6.07) is 4.40. The van der Waals surface area contributed by atoms with Crippen LogP contribution in [0.15, 0.2) is 27.6 Å². The Morgan fingerprint density at radius 3 is 2.71 bits per heavy atom. The van der Waals surface area contributed by atoms with Crippen LogP contribution >= 0.6 is 38.9 Å². The Labute approximate surface area is 140 Å². The number of anilines is 1. The van der Waals surface area contributed by atoms with Crippen LogP contribution in [-0.2, 0) is 16.4 Å². The second-order valence-corrected chi connectivity index (χ2v) is 8.79. The molecule has 0 aliphatic rings. The largest absolute Gasteiger partial charge is 0.263 e. The number of aromatic nitrogens is 2. The minimum atomic E-state index is -3.70. The van der Waals surface area contributed by atoms with Crippen molar-refractivity contribution in [2.45, 2.75) is 25.2 Å².